The van der Waals surface area contributed by atoms with Crippen molar-refractivity contribution in [3.8, 4) is 0 Å². The van der Waals surface area contributed by atoms with Crippen molar-refractivity contribution in [2.24, 2.45) is 17.1 Å². The van der Waals surface area contributed by atoms with Crippen molar-refractivity contribution in [3.05, 3.63) is 0 Å². The zero-order chi connectivity index (χ0) is 12.9. The number of hydrogen-bond donors (Lipinski definition) is 2. The van der Waals surface area contributed by atoms with Gasteiger partial charge in [0.05, 0.1) is 10.4 Å². The predicted molar refractivity (Wildman–Crippen MR) is 71.7 cm³/mol. The molecule has 4 nitrogen and oxygen atoms in total. The number of ether oxygens (including phenoxy) is 1. The number of rotatable bonds is 6. The Morgan fingerprint density at radius 2 is 2.35 bits per heavy atom. The van der Waals surface area contributed by atoms with E-state index in [1.54, 1.807) is 6.92 Å². The highest BCUT2D eigenvalue weighted by atomic mass is 32.1. The molecule has 1 aliphatic heterocycles. The number of nitrogens with one attached hydrogen (secondary N) is 1. The van der Waals surface area contributed by atoms with E-state index >= 15 is 0 Å². The number of thiocarbonyl (C=S) groups is 1. The van der Waals surface area contributed by atoms with E-state index in [9.17, 15) is 4.79 Å². The van der Waals surface area contributed by atoms with Gasteiger partial charge in [-0.3, -0.25) is 4.79 Å². The van der Waals surface area contributed by atoms with Crippen LogP contribution >= 0.6 is 12.2 Å². The summed E-state index contributed by atoms with van der Waals surface area (Å²) >= 11 is 4.96. The van der Waals surface area contributed by atoms with Gasteiger partial charge in [-0.05, 0) is 32.1 Å². The lowest BCUT2D eigenvalue weighted by Gasteiger charge is -2.25. The maximum atomic E-state index is 12.0. The van der Waals surface area contributed by atoms with Crippen molar-refractivity contribution in [2.45, 2.75) is 33.1 Å². The van der Waals surface area contributed by atoms with E-state index in [2.05, 4.69) is 5.32 Å². The molecule has 1 fully saturated rings. The van der Waals surface area contributed by atoms with Gasteiger partial charge in [0, 0.05) is 19.8 Å². The Bertz CT molecular complexity index is 290. The molecule has 17 heavy (non-hydrogen) atoms. The Hall–Kier alpha value is -0.680. The molecule has 0 saturated carbocycles. The first-order chi connectivity index (χ1) is 8.00. The Kier molecular flexibility index (Phi) is 5.33. The van der Waals surface area contributed by atoms with Gasteiger partial charge in [-0.1, -0.05) is 19.1 Å². The Morgan fingerprint density at radius 1 is 1.65 bits per heavy atom. The monoisotopic (exact) mass is 258 g/mol. The SMILES string of the molecule is CCC(C)(C(=O)NCCC1CCOC1)C(N)=S. The molecule has 0 aromatic heterocycles. The van der Waals surface area contributed by atoms with Crippen LogP contribution < -0.4 is 11.1 Å². The number of carbonyl (C=O) groups excluding carboxylic acids is 1. The fourth-order valence-corrected chi connectivity index (χ4v) is 2.08. The number of carbonyl (C=O) groups is 1. The summed E-state index contributed by atoms with van der Waals surface area (Å²) in [4.78, 5) is 12.3. The van der Waals surface area contributed by atoms with Crippen LogP contribution in [0.4, 0.5) is 0 Å². The predicted octanol–water partition coefficient (Wildman–Crippen LogP) is 1.23. The van der Waals surface area contributed by atoms with E-state index in [1.165, 1.54) is 0 Å². The van der Waals surface area contributed by atoms with Crippen LogP contribution in [0.3, 0.4) is 0 Å². The van der Waals surface area contributed by atoms with Gasteiger partial charge in [0.15, 0.2) is 0 Å². The third-order valence-corrected chi connectivity index (χ3v) is 4.06. The fourth-order valence-electron chi connectivity index (χ4n) is 1.84. The van der Waals surface area contributed by atoms with Crippen LogP contribution in [-0.2, 0) is 9.53 Å². The van der Waals surface area contributed by atoms with Crippen molar-refractivity contribution in [2.75, 3.05) is 19.8 Å². The van der Waals surface area contributed by atoms with Crippen molar-refractivity contribution < 1.29 is 9.53 Å². The summed E-state index contributed by atoms with van der Waals surface area (Å²) in [6, 6.07) is 0. The van der Waals surface area contributed by atoms with Gasteiger partial charge in [0.1, 0.15) is 0 Å². The highest BCUT2D eigenvalue weighted by Gasteiger charge is 2.34. The van der Waals surface area contributed by atoms with Crippen molar-refractivity contribution in [3.63, 3.8) is 0 Å². The van der Waals surface area contributed by atoms with Gasteiger partial charge in [-0.15, -0.1) is 0 Å². The van der Waals surface area contributed by atoms with Crippen LogP contribution in [0.25, 0.3) is 0 Å². The molecule has 0 aromatic carbocycles. The topological polar surface area (TPSA) is 64.3 Å². The molecule has 0 radical (unpaired) electrons. The minimum absolute atomic E-state index is 0.0635. The highest BCUT2D eigenvalue weighted by molar-refractivity contribution is 7.80. The van der Waals surface area contributed by atoms with Gasteiger partial charge in [-0.25, -0.2) is 0 Å². The van der Waals surface area contributed by atoms with Crippen molar-refractivity contribution in [1.82, 2.24) is 5.32 Å². The summed E-state index contributed by atoms with van der Waals surface area (Å²) in [5.74, 6) is 0.513. The first-order valence-corrected chi connectivity index (χ1v) is 6.57. The molecule has 98 valence electrons. The molecule has 2 atom stereocenters. The first kappa shape index (κ1) is 14.4. The summed E-state index contributed by atoms with van der Waals surface area (Å²) in [5.41, 5.74) is 4.91. The molecule has 1 heterocycles. The minimum atomic E-state index is -0.721. The Morgan fingerprint density at radius 3 is 2.82 bits per heavy atom. The second-order valence-electron chi connectivity index (χ2n) is 4.82. The third kappa shape index (κ3) is 3.64. The molecule has 0 aliphatic carbocycles. The highest BCUT2D eigenvalue weighted by Crippen LogP contribution is 2.22. The minimum Gasteiger partial charge on any atom is -0.392 e. The maximum absolute atomic E-state index is 12.0. The lowest BCUT2D eigenvalue weighted by Crippen LogP contribution is -2.47. The molecular weight excluding hydrogens is 236 g/mol. The summed E-state index contributed by atoms with van der Waals surface area (Å²) < 4.78 is 5.29. The number of nitrogens with two attached hydrogens (primary N) is 1. The summed E-state index contributed by atoms with van der Waals surface area (Å²) in [6.45, 7) is 6.05. The normalized spacial score (nSPS) is 23.1. The number of amides is 1. The smallest absolute Gasteiger partial charge is 0.232 e. The quantitative estimate of drug-likeness (QED) is 0.703. The molecule has 5 heteroatoms. The van der Waals surface area contributed by atoms with Crippen molar-refractivity contribution in [1.29, 1.82) is 0 Å². The second kappa shape index (κ2) is 6.31. The molecular formula is C12H22N2O2S. The standard InChI is InChI=1S/C12H22N2O2S/c1-3-12(2,10(13)17)11(15)14-6-4-9-5-7-16-8-9/h9H,3-8H2,1-2H3,(H2,13,17)(H,14,15). The lowest BCUT2D eigenvalue weighted by atomic mass is 9.86. The fraction of sp³-hybridized carbons (Fsp3) is 0.833. The van der Waals surface area contributed by atoms with E-state index < -0.39 is 5.41 Å². The van der Waals surface area contributed by atoms with Gasteiger partial charge in [0.2, 0.25) is 5.91 Å². The van der Waals surface area contributed by atoms with Gasteiger partial charge >= 0.3 is 0 Å². The zero-order valence-corrected chi connectivity index (χ0v) is 11.4. The first-order valence-electron chi connectivity index (χ1n) is 6.16. The van der Waals surface area contributed by atoms with E-state index in [4.69, 9.17) is 22.7 Å². The van der Waals surface area contributed by atoms with E-state index in [0.717, 1.165) is 26.1 Å². The molecule has 1 amide bonds. The summed E-state index contributed by atoms with van der Waals surface area (Å²) in [5, 5.41) is 2.92. The van der Waals surface area contributed by atoms with E-state index in [0.29, 0.717) is 18.9 Å². The van der Waals surface area contributed by atoms with Crippen LogP contribution in [-0.4, -0.2) is 30.7 Å². The maximum Gasteiger partial charge on any atom is 0.232 e. The van der Waals surface area contributed by atoms with Gasteiger partial charge < -0.3 is 15.8 Å². The Balaban J connectivity index is 2.34. The average Bonchev–Trinajstić information content (AvgIpc) is 2.80. The molecule has 0 spiro atoms. The van der Waals surface area contributed by atoms with E-state index in [-0.39, 0.29) is 10.9 Å². The van der Waals surface area contributed by atoms with Crippen LogP contribution in [0.1, 0.15) is 33.1 Å². The van der Waals surface area contributed by atoms with Crippen LogP contribution in [0.2, 0.25) is 0 Å². The molecule has 1 saturated heterocycles. The molecule has 2 unspecified atom stereocenters. The summed E-state index contributed by atoms with van der Waals surface area (Å²) in [7, 11) is 0. The molecule has 1 rings (SSSR count). The largest absolute Gasteiger partial charge is 0.392 e. The second-order valence-corrected chi connectivity index (χ2v) is 5.26. The molecule has 1 aliphatic rings. The van der Waals surface area contributed by atoms with Gasteiger partial charge in [-0.2, -0.15) is 0 Å². The van der Waals surface area contributed by atoms with Crippen molar-refractivity contribution >= 4 is 23.1 Å². The lowest BCUT2D eigenvalue weighted by molar-refractivity contribution is -0.127. The third-order valence-electron chi connectivity index (χ3n) is 3.61. The zero-order valence-electron chi connectivity index (χ0n) is 10.6. The van der Waals surface area contributed by atoms with Crippen LogP contribution in [0, 0.1) is 11.3 Å². The number of hydrogen-bond acceptors (Lipinski definition) is 3. The van der Waals surface area contributed by atoms with Gasteiger partial charge in [0.25, 0.3) is 0 Å². The summed E-state index contributed by atoms with van der Waals surface area (Å²) in [6.07, 6.45) is 2.68. The van der Waals surface area contributed by atoms with Crippen LogP contribution in [0.5, 0.6) is 0 Å². The molecule has 3 N–H and O–H groups in total. The molecule has 0 bridgehead atoms. The van der Waals surface area contributed by atoms with Crippen LogP contribution in [0.15, 0.2) is 0 Å². The Labute approximate surface area is 108 Å². The average molecular weight is 258 g/mol. The molecule has 0 aromatic rings. The van der Waals surface area contributed by atoms with E-state index in [1.807, 2.05) is 6.92 Å².